The Kier molecular flexibility index (Phi) is 3.68. The lowest BCUT2D eigenvalue weighted by Crippen LogP contribution is -2.12. The molecule has 3 N–H and O–H groups in total. The minimum absolute atomic E-state index is 0.350. The summed E-state index contributed by atoms with van der Waals surface area (Å²) in [6, 6.07) is 0. The van der Waals surface area contributed by atoms with E-state index in [9.17, 15) is 9.59 Å². The van der Waals surface area contributed by atoms with Gasteiger partial charge >= 0.3 is 11.9 Å². The third-order valence-electron chi connectivity index (χ3n) is 2.03. The van der Waals surface area contributed by atoms with Crippen molar-refractivity contribution in [1.29, 1.82) is 0 Å². The quantitative estimate of drug-likeness (QED) is 0.700. The first-order chi connectivity index (χ1) is 7.41. The third kappa shape index (κ3) is 2.83. The normalized spacial score (nSPS) is 11.2. The molecule has 0 aliphatic carbocycles. The van der Waals surface area contributed by atoms with E-state index in [1.807, 2.05) is 19.2 Å². The van der Waals surface area contributed by atoms with Crippen molar-refractivity contribution in [1.82, 2.24) is 0 Å². The van der Waals surface area contributed by atoms with Crippen LogP contribution in [0, 0.1) is 13.8 Å². The maximum absolute atomic E-state index is 10.8. The Balaban J connectivity index is 2.97. The fourth-order valence-electron chi connectivity index (χ4n) is 1.02. The molecule has 0 aliphatic heterocycles. The van der Waals surface area contributed by atoms with E-state index in [1.54, 1.807) is 0 Å². The van der Waals surface area contributed by atoms with Crippen LogP contribution in [0.15, 0.2) is 17.2 Å². The van der Waals surface area contributed by atoms with Crippen LogP contribution in [-0.4, -0.2) is 22.2 Å². The van der Waals surface area contributed by atoms with E-state index in [4.69, 9.17) is 10.2 Å². The number of nitrogens with one attached hydrogen (secondary N) is 1. The Morgan fingerprint density at radius 2 is 2.00 bits per heavy atom. The van der Waals surface area contributed by atoms with Crippen molar-refractivity contribution >= 4 is 28.3 Å². The highest BCUT2D eigenvalue weighted by atomic mass is 32.1. The second-order valence-corrected chi connectivity index (χ2v) is 4.08. The predicted molar refractivity (Wildman–Crippen MR) is 60.8 cm³/mol. The summed E-state index contributed by atoms with van der Waals surface area (Å²) in [5.74, 6) is -2.59. The minimum atomic E-state index is -1.30. The van der Waals surface area contributed by atoms with Crippen molar-refractivity contribution in [2.45, 2.75) is 13.8 Å². The van der Waals surface area contributed by atoms with Crippen molar-refractivity contribution in [2.75, 3.05) is 5.32 Å². The van der Waals surface area contributed by atoms with Crippen molar-refractivity contribution in [3.05, 3.63) is 28.3 Å². The summed E-state index contributed by atoms with van der Waals surface area (Å²) >= 11 is 1.34. The van der Waals surface area contributed by atoms with Crippen LogP contribution in [0.2, 0.25) is 0 Å². The monoisotopic (exact) mass is 241 g/mol. The fourth-order valence-corrected chi connectivity index (χ4v) is 2.00. The molecule has 0 saturated heterocycles. The van der Waals surface area contributed by atoms with Gasteiger partial charge in [-0.15, -0.1) is 11.3 Å². The van der Waals surface area contributed by atoms with Gasteiger partial charge in [0.05, 0.1) is 11.1 Å². The lowest BCUT2D eigenvalue weighted by molar-refractivity contribution is -0.134. The summed E-state index contributed by atoms with van der Waals surface area (Å²) in [5, 5.41) is 22.4. The van der Waals surface area contributed by atoms with Crippen molar-refractivity contribution < 1.29 is 19.8 Å². The largest absolute Gasteiger partial charge is 0.478 e. The molecule has 0 amide bonds. The van der Waals surface area contributed by atoms with Gasteiger partial charge in [0.1, 0.15) is 5.70 Å². The number of aryl methyl sites for hydroxylation is 1. The molecule has 0 radical (unpaired) electrons. The van der Waals surface area contributed by atoms with Crippen LogP contribution in [-0.2, 0) is 9.59 Å². The van der Waals surface area contributed by atoms with Crippen LogP contribution in [0.5, 0.6) is 0 Å². The number of carbonyl (C=O) groups is 2. The van der Waals surface area contributed by atoms with Gasteiger partial charge in [-0.2, -0.15) is 0 Å². The molecule has 0 atom stereocenters. The molecule has 1 heterocycles. The Morgan fingerprint density at radius 1 is 1.38 bits per heavy atom. The summed E-state index contributed by atoms with van der Waals surface area (Å²) in [7, 11) is 0. The van der Waals surface area contributed by atoms with Gasteiger partial charge in [0.15, 0.2) is 0 Å². The minimum Gasteiger partial charge on any atom is -0.478 e. The molecule has 86 valence electrons. The lowest BCUT2D eigenvalue weighted by Gasteiger charge is -2.05. The molecule has 16 heavy (non-hydrogen) atoms. The molecule has 0 fully saturated rings. The van der Waals surface area contributed by atoms with Crippen LogP contribution in [0.25, 0.3) is 0 Å². The Bertz CT molecular complexity index is 461. The second-order valence-electron chi connectivity index (χ2n) is 3.20. The average molecular weight is 241 g/mol. The number of anilines is 1. The fraction of sp³-hybridized carbons (Fsp3) is 0.200. The maximum Gasteiger partial charge on any atom is 0.352 e. The number of thiophene rings is 1. The number of rotatable bonds is 4. The maximum atomic E-state index is 10.8. The van der Waals surface area contributed by atoms with E-state index < -0.39 is 11.9 Å². The molecule has 6 heteroatoms. The zero-order chi connectivity index (χ0) is 12.3. The number of carboxylic acids is 2. The van der Waals surface area contributed by atoms with Crippen LogP contribution in [0.4, 0.5) is 5.00 Å². The SMILES string of the molecule is Cc1csc(N/C(=C\C(=O)O)C(=O)O)c1C. The molecular weight excluding hydrogens is 230 g/mol. The molecule has 0 bridgehead atoms. The molecular formula is C10H11NO4S. The molecule has 0 spiro atoms. The highest BCUT2D eigenvalue weighted by molar-refractivity contribution is 7.14. The van der Waals surface area contributed by atoms with Crippen LogP contribution in [0.3, 0.4) is 0 Å². The smallest absolute Gasteiger partial charge is 0.352 e. The number of carboxylic acid groups (broad SMARTS) is 2. The lowest BCUT2D eigenvalue weighted by atomic mass is 10.2. The number of aliphatic carboxylic acids is 2. The van der Waals surface area contributed by atoms with Crippen LogP contribution < -0.4 is 5.32 Å². The van der Waals surface area contributed by atoms with E-state index >= 15 is 0 Å². The molecule has 1 rings (SSSR count). The molecule has 0 aromatic carbocycles. The molecule has 0 aliphatic rings. The summed E-state index contributed by atoms with van der Waals surface area (Å²) in [4.78, 5) is 21.2. The van der Waals surface area contributed by atoms with Gasteiger partial charge in [-0.25, -0.2) is 9.59 Å². The first kappa shape index (κ1) is 12.3. The molecule has 0 saturated carbocycles. The van der Waals surface area contributed by atoms with Crippen molar-refractivity contribution in [3.63, 3.8) is 0 Å². The first-order valence-corrected chi connectivity index (χ1v) is 5.29. The topological polar surface area (TPSA) is 86.6 Å². The summed E-state index contributed by atoms with van der Waals surface area (Å²) in [5.41, 5.74) is 1.60. The van der Waals surface area contributed by atoms with Gasteiger partial charge < -0.3 is 15.5 Å². The number of hydrogen-bond donors (Lipinski definition) is 3. The van der Waals surface area contributed by atoms with Crippen molar-refractivity contribution in [2.24, 2.45) is 0 Å². The highest BCUT2D eigenvalue weighted by Crippen LogP contribution is 2.27. The standard InChI is InChI=1S/C10H11NO4S/c1-5-4-16-9(6(5)2)11-7(10(14)15)3-8(12)13/h3-4,11H,1-2H3,(H,12,13)(H,14,15)/b7-3-. The van der Waals surface area contributed by atoms with E-state index in [2.05, 4.69) is 5.32 Å². The van der Waals surface area contributed by atoms with Crippen molar-refractivity contribution in [3.8, 4) is 0 Å². The average Bonchev–Trinajstić information content (AvgIpc) is 2.47. The van der Waals surface area contributed by atoms with E-state index in [-0.39, 0.29) is 5.70 Å². The zero-order valence-electron chi connectivity index (χ0n) is 8.77. The van der Waals surface area contributed by atoms with Gasteiger partial charge in [-0.3, -0.25) is 0 Å². The van der Waals surface area contributed by atoms with Gasteiger partial charge in [-0.05, 0) is 30.4 Å². The first-order valence-electron chi connectivity index (χ1n) is 4.41. The Morgan fingerprint density at radius 3 is 2.38 bits per heavy atom. The van der Waals surface area contributed by atoms with Gasteiger partial charge in [0.2, 0.25) is 0 Å². The summed E-state index contributed by atoms with van der Waals surface area (Å²) in [6.45, 7) is 3.74. The van der Waals surface area contributed by atoms with Gasteiger partial charge in [0.25, 0.3) is 0 Å². The molecule has 1 aromatic heterocycles. The summed E-state index contributed by atoms with van der Waals surface area (Å²) in [6.07, 6.45) is 0.636. The number of hydrogen-bond acceptors (Lipinski definition) is 4. The molecule has 1 aromatic rings. The predicted octanol–water partition coefficient (Wildman–Crippen LogP) is 1.83. The zero-order valence-corrected chi connectivity index (χ0v) is 9.59. The Hall–Kier alpha value is -1.82. The van der Waals surface area contributed by atoms with E-state index in [0.29, 0.717) is 11.1 Å². The highest BCUT2D eigenvalue weighted by Gasteiger charge is 2.12. The Labute approximate surface area is 96.0 Å². The summed E-state index contributed by atoms with van der Waals surface area (Å²) < 4.78 is 0. The van der Waals surface area contributed by atoms with Gasteiger partial charge in [-0.1, -0.05) is 0 Å². The van der Waals surface area contributed by atoms with E-state index in [1.165, 1.54) is 11.3 Å². The molecule has 0 unspecified atom stereocenters. The van der Waals surface area contributed by atoms with Crippen LogP contribution in [0.1, 0.15) is 11.1 Å². The van der Waals surface area contributed by atoms with E-state index in [0.717, 1.165) is 11.1 Å². The van der Waals surface area contributed by atoms with Gasteiger partial charge in [0, 0.05) is 0 Å². The third-order valence-corrected chi connectivity index (χ3v) is 3.15. The second kappa shape index (κ2) is 4.80. The molecule has 5 nitrogen and oxygen atoms in total. The van der Waals surface area contributed by atoms with Crippen LogP contribution >= 0.6 is 11.3 Å².